The second kappa shape index (κ2) is 8.37. The van der Waals surface area contributed by atoms with E-state index in [9.17, 15) is 0 Å². The Bertz CT molecular complexity index is 321. The third-order valence-corrected chi connectivity index (χ3v) is 2.17. The predicted molar refractivity (Wildman–Crippen MR) is 76.9 cm³/mol. The summed E-state index contributed by atoms with van der Waals surface area (Å²) in [5, 5.41) is 7.12. The standard InChI is InChI=1S/C10H19N5.HI/c1-3-4-6-12-10(11)13-8-9-5-7-14-15(9)2;/h5,7H,3-4,6,8H2,1-2H3,(H3,11,12,13);1H. The van der Waals surface area contributed by atoms with Crippen molar-refractivity contribution in [2.24, 2.45) is 17.8 Å². The van der Waals surface area contributed by atoms with E-state index in [1.807, 2.05) is 13.1 Å². The highest BCUT2D eigenvalue weighted by Crippen LogP contribution is 1.97. The Labute approximate surface area is 114 Å². The van der Waals surface area contributed by atoms with Crippen molar-refractivity contribution < 1.29 is 0 Å². The van der Waals surface area contributed by atoms with Crippen LogP contribution in [0.5, 0.6) is 0 Å². The molecule has 1 aromatic heterocycles. The maximum atomic E-state index is 5.69. The molecule has 92 valence electrons. The van der Waals surface area contributed by atoms with Gasteiger partial charge in [-0.3, -0.25) is 4.68 Å². The van der Waals surface area contributed by atoms with Gasteiger partial charge in [0.15, 0.2) is 5.96 Å². The molecule has 1 heterocycles. The van der Waals surface area contributed by atoms with Gasteiger partial charge in [-0.2, -0.15) is 5.10 Å². The monoisotopic (exact) mass is 337 g/mol. The molecule has 0 atom stereocenters. The van der Waals surface area contributed by atoms with Crippen LogP contribution in [-0.2, 0) is 13.6 Å². The van der Waals surface area contributed by atoms with Crippen LogP contribution in [0.3, 0.4) is 0 Å². The van der Waals surface area contributed by atoms with Crippen molar-refractivity contribution in [3.63, 3.8) is 0 Å². The molecular formula is C10H20IN5. The minimum Gasteiger partial charge on any atom is -0.370 e. The average molecular weight is 337 g/mol. The molecular weight excluding hydrogens is 317 g/mol. The van der Waals surface area contributed by atoms with Gasteiger partial charge in [0, 0.05) is 19.8 Å². The lowest BCUT2D eigenvalue weighted by atomic mass is 10.3. The van der Waals surface area contributed by atoms with E-state index in [0.717, 1.165) is 25.1 Å². The van der Waals surface area contributed by atoms with Crippen LogP contribution in [0.2, 0.25) is 0 Å². The van der Waals surface area contributed by atoms with Crippen LogP contribution >= 0.6 is 24.0 Å². The van der Waals surface area contributed by atoms with Crippen LogP contribution in [0, 0.1) is 0 Å². The van der Waals surface area contributed by atoms with Gasteiger partial charge in [0.05, 0.1) is 12.2 Å². The molecule has 0 saturated carbocycles. The number of nitrogens with two attached hydrogens (primary N) is 1. The number of hydrogen-bond donors (Lipinski definition) is 2. The lowest BCUT2D eigenvalue weighted by Gasteiger charge is -2.04. The van der Waals surface area contributed by atoms with Crippen LogP contribution in [0.4, 0.5) is 0 Å². The molecule has 1 rings (SSSR count). The number of unbranched alkanes of at least 4 members (excludes halogenated alkanes) is 1. The molecule has 0 saturated heterocycles. The maximum absolute atomic E-state index is 5.69. The summed E-state index contributed by atoms with van der Waals surface area (Å²) in [6.07, 6.45) is 4.02. The van der Waals surface area contributed by atoms with Crippen LogP contribution < -0.4 is 11.1 Å². The van der Waals surface area contributed by atoms with Gasteiger partial charge < -0.3 is 11.1 Å². The lowest BCUT2D eigenvalue weighted by Crippen LogP contribution is -2.32. The molecule has 0 aliphatic carbocycles. The van der Waals surface area contributed by atoms with Gasteiger partial charge >= 0.3 is 0 Å². The Kier molecular flexibility index (Phi) is 7.96. The van der Waals surface area contributed by atoms with E-state index < -0.39 is 0 Å². The fourth-order valence-corrected chi connectivity index (χ4v) is 1.17. The Morgan fingerprint density at radius 1 is 1.62 bits per heavy atom. The zero-order valence-electron chi connectivity index (χ0n) is 9.81. The molecule has 0 aliphatic heterocycles. The highest BCUT2D eigenvalue weighted by molar-refractivity contribution is 14.0. The Morgan fingerprint density at radius 2 is 2.38 bits per heavy atom. The van der Waals surface area contributed by atoms with Gasteiger partial charge in [-0.05, 0) is 12.5 Å². The highest BCUT2D eigenvalue weighted by atomic mass is 127. The number of nitrogens with one attached hydrogen (secondary N) is 1. The topological polar surface area (TPSA) is 68.2 Å². The first kappa shape index (κ1) is 15.2. The molecule has 3 N–H and O–H groups in total. The Hall–Kier alpha value is -0.790. The van der Waals surface area contributed by atoms with Gasteiger partial charge in [-0.15, -0.1) is 24.0 Å². The molecule has 0 amide bonds. The van der Waals surface area contributed by atoms with E-state index in [1.54, 1.807) is 10.9 Å². The van der Waals surface area contributed by atoms with Crippen molar-refractivity contribution in [2.45, 2.75) is 26.3 Å². The first-order valence-corrected chi connectivity index (χ1v) is 5.24. The minimum atomic E-state index is 0. The molecule has 0 aromatic carbocycles. The maximum Gasteiger partial charge on any atom is 0.188 e. The first-order valence-electron chi connectivity index (χ1n) is 5.24. The van der Waals surface area contributed by atoms with Crippen molar-refractivity contribution in [3.8, 4) is 0 Å². The SMILES string of the molecule is CCCCNC(N)=NCc1ccnn1C.I. The fourth-order valence-electron chi connectivity index (χ4n) is 1.17. The molecule has 0 unspecified atom stereocenters. The smallest absolute Gasteiger partial charge is 0.188 e. The lowest BCUT2D eigenvalue weighted by molar-refractivity contribution is 0.707. The predicted octanol–water partition coefficient (Wildman–Crippen LogP) is 1.24. The van der Waals surface area contributed by atoms with Gasteiger partial charge in [-0.25, -0.2) is 4.99 Å². The highest BCUT2D eigenvalue weighted by Gasteiger charge is 1.96. The second-order valence-corrected chi connectivity index (χ2v) is 3.43. The van der Waals surface area contributed by atoms with Gasteiger partial charge in [0.25, 0.3) is 0 Å². The quantitative estimate of drug-likeness (QED) is 0.368. The van der Waals surface area contributed by atoms with Crippen LogP contribution in [0.1, 0.15) is 25.5 Å². The summed E-state index contributed by atoms with van der Waals surface area (Å²) in [5.74, 6) is 0.504. The van der Waals surface area contributed by atoms with Crippen molar-refractivity contribution in [3.05, 3.63) is 18.0 Å². The molecule has 0 spiro atoms. The van der Waals surface area contributed by atoms with Crippen molar-refractivity contribution in [1.29, 1.82) is 0 Å². The average Bonchev–Trinajstić information content (AvgIpc) is 2.61. The molecule has 0 bridgehead atoms. The van der Waals surface area contributed by atoms with Crippen LogP contribution in [-0.4, -0.2) is 22.3 Å². The summed E-state index contributed by atoms with van der Waals surface area (Å²) in [6.45, 7) is 3.60. The summed E-state index contributed by atoms with van der Waals surface area (Å²) in [7, 11) is 1.89. The second-order valence-electron chi connectivity index (χ2n) is 3.43. The normalized spacial score (nSPS) is 11.0. The minimum absolute atomic E-state index is 0. The number of aryl methyl sites for hydroxylation is 1. The Balaban J connectivity index is 0.00000225. The zero-order chi connectivity index (χ0) is 11.1. The molecule has 0 aliphatic rings. The van der Waals surface area contributed by atoms with Crippen molar-refractivity contribution in [2.75, 3.05) is 6.54 Å². The molecule has 0 fully saturated rings. The third-order valence-electron chi connectivity index (χ3n) is 2.17. The van der Waals surface area contributed by atoms with E-state index in [1.165, 1.54) is 0 Å². The summed E-state index contributed by atoms with van der Waals surface area (Å²) in [5.41, 5.74) is 6.74. The summed E-state index contributed by atoms with van der Waals surface area (Å²) < 4.78 is 1.79. The fraction of sp³-hybridized carbons (Fsp3) is 0.600. The molecule has 1 aromatic rings. The van der Waals surface area contributed by atoms with Crippen LogP contribution in [0.25, 0.3) is 0 Å². The summed E-state index contributed by atoms with van der Waals surface area (Å²) >= 11 is 0. The Morgan fingerprint density at radius 3 is 2.94 bits per heavy atom. The number of guanidine groups is 1. The number of rotatable bonds is 5. The van der Waals surface area contributed by atoms with E-state index in [-0.39, 0.29) is 24.0 Å². The molecule has 6 heteroatoms. The number of aromatic nitrogens is 2. The molecule has 0 radical (unpaired) electrons. The number of hydrogen-bond acceptors (Lipinski definition) is 2. The summed E-state index contributed by atoms with van der Waals surface area (Å²) in [4.78, 5) is 4.22. The van der Waals surface area contributed by atoms with Gasteiger partial charge in [0.1, 0.15) is 0 Å². The van der Waals surface area contributed by atoms with Crippen LogP contribution in [0.15, 0.2) is 17.3 Å². The summed E-state index contributed by atoms with van der Waals surface area (Å²) in [6, 6.07) is 1.93. The van der Waals surface area contributed by atoms with Gasteiger partial charge in [0.2, 0.25) is 0 Å². The number of nitrogens with zero attached hydrogens (tertiary/aromatic N) is 3. The number of aliphatic imine (C=N–C) groups is 1. The largest absolute Gasteiger partial charge is 0.370 e. The van der Waals surface area contributed by atoms with E-state index in [4.69, 9.17) is 5.73 Å². The first-order chi connectivity index (χ1) is 7.24. The third kappa shape index (κ3) is 5.34. The van der Waals surface area contributed by atoms with E-state index in [0.29, 0.717) is 12.5 Å². The molecule has 16 heavy (non-hydrogen) atoms. The molecule has 5 nitrogen and oxygen atoms in total. The van der Waals surface area contributed by atoms with Gasteiger partial charge in [-0.1, -0.05) is 13.3 Å². The van der Waals surface area contributed by atoms with E-state index >= 15 is 0 Å². The van der Waals surface area contributed by atoms with E-state index in [2.05, 4.69) is 22.3 Å². The van der Waals surface area contributed by atoms with Crippen molar-refractivity contribution in [1.82, 2.24) is 15.1 Å². The van der Waals surface area contributed by atoms with Crippen molar-refractivity contribution >= 4 is 29.9 Å². The zero-order valence-corrected chi connectivity index (χ0v) is 12.1. The number of halogens is 1.